The van der Waals surface area contributed by atoms with Gasteiger partial charge in [-0.1, -0.05) is 60.0 Å². The number of halogens is 1. The fourth-order valence-corrected chi connectivity index (χ4v) is 5.95. The number of hydrogen-bond donors (Lipinski definition) is 2. The molecule has 0 aromatic heterocycles. The van der Waals surface area contributed by atoms with Crippen molar-refractivity contribution in [3.05, 3.63) is 99.6 Å². The van der Waals surface area contributed by atoms with Crippen molar-refractivity contribution in [1.82, 2.24) is 15.2 Å². The maximum absolute atomic E-state index is 13.2. The molecule has 8 heteroatoms. The molecule has 2 amide bonds. The molecule has 7 nitrogen and oxygen atoms in total. The summed E-state index contributed by atoms with van der Waals surface area (Å²) in [5.74, 6) is -0.747. The molecule has 0 atom stereocenters. The molecule has 2 aliphatic rings. The fourth-order valence-electron chi connectivity index (χ4n) is 5.78. The fraction of sp³-hybridized carbons (Fsp3) is 0.364. The van der Waals surface area contributed by atoms with Crippen LogP contribution in [0.4, 0.5) is 5.69 Å². The number of anilines is 1. The van der Waals surface area contributed by atoms with E-state index in [9.17, 15) is 9.59 Å². The number of aryl methyl sites for hydroxylation is 1. The van der Waals surface area contributed by atoms with Crippen LogP contribution < -0.4 is 10.7 Å². The molecule has 214 valence electrons. The van der Waals surface area contributed by atoms with Gasteiger partial charge in [0.15, 0.2) is 0 Å². The number of hydrogen-bond acceptors (Lipinski definition) is 5. The van der Waals surface area contributed by atoms with Crippen molar-refractivity contribution < 1.29 is 9.59 Å². The average molecular weight is 572 g/mol. The first-order chi connectivity index (χ1) is 19.9. The molecule has 0 radical (unpaired) electrons. The van der Waals surface area contributed by atoms with Crippen molar-refractivity contribution in [2.45, 2.75) is 51.6 Å². The second kappa shape index (κ2) is 13.9. The topological polar surface area (TPSA) is 77.0 Å². The lowest BCUT2D eigenvalue weighted by Crippen LogP contribution is -2.46. The molecular formula is C33H38ClN5O2. The van der Waals surface area contributed by atoms with Crippen LogP contribution in [0.5, 0.6) is 0 Å². The Kier molecular flexibility index (Phi) is 9.83. The first-order valence-corrected chi connectivity index (χ1v) is 14.9. The number of amides is 2. The largest absolute Gasteiger partial charge is 0.321 e. The first kappa shape index (κ1) is 29.0. The number of nitrogens with one attached hydrogen (secondary N) is 2. The number of rotatable bonds is 8. The van der Waals surface area contributed by atoms with Crippen LogP contribution in [-0.4, -0.2) is 60.0 Å². The average Bonchev–Trinajstić information content (AvgIpc) is 2.99. The van der Waals surface area contributed by atoms with Gasteiger partial charge < -0.3 is 10.2 Å². The summed E-state index contributed by atoms with van der Waals surface area (Å²) in [5.41, 5.74) is 6.76. The van der Waals surface area contributed by atoms with E-state index in [4.69, 9.17) is 11.6 Å². The Morgan fingerprint density at radius 1 is 0.927 bits per heavy atom. The van der Waals surface area contributed by atoms with Crippen LogP contribution in [0.1, 0.15) is 69.5 Å². The Bertz CT molecular complexity index is 1390. The van der Waals surface area contributed by atoms with Crippen molar-refractivity contribution in [3.8, 4) is 0 Å². The third-order valence-corrected chi connectivity index (χ3v) is 8.19. The number of nitrogens with zero attached hydrogens (tertiary/aromatic N) is 3. The number of likely N-dealkylation sites (tertiary alicyclic amines) is 2. The second-order valence-electron chi connectivity index (χ2n) is 11.1. The summed E-state index contributed by atoms with van der Waals surface area (Å²) in [6.45, 7) is 7.46. The molecule has 2 saturated heterocycles. The number of carbonyl (C=O) groups is 2. The van der Waals surface area contributed by atoms with Gasteiger partial charge in [0, 0.05) is 23.2 Å². The van der Waals surface area contributed by atoms with Crippen LogP contribution in [0.15, 0.2) is 71.8 Å². The predicted molar refractivity (Wildman–Crippen MR) is 166 cm³/mol. The predicted octanol–water partition coefficient (Wildman–Crippen LogP) is 6.11. The molecule has 3 aromatic carbocycles. The van der Waals surface area contributed by atoms with Gasteiger partial charge in [-0.2, -0.15) is 5.10 Å². The molecule has 3 aromatic rings. The highest BCUT2D eigenvalue weighted by Crippen LogP contribution is 2.24. The normalized spacial score (nSPS) is 17.0. The number of benzene rings is 3. The summed E-state index contributed by atoms with van der Waals surface area (Å²) < 4.78 is 0. The minimum atomic E-state index is -0.464. The molecule has 2 aliphatic heterocycles. The maximum Gasteiger partial charge on any atom is 0.273 e. The minimum Gasteiger partial charge on any atom is -0.321 e. The Hall–Kier alpha value is -3.52. The van der Waals surface area contributed by atoms with Gasteiger partial charge in [-0.15, -0.1) is 0 Å². The number of hydrazone groups is 1. The van der Waals surface area contributed by atoms with Gasteiger partial charge in [0.25, 0.3) is 11.8 Å². The summed E-state index contributed by atoms with van der Waals surface area (Å²) >= 11 is 6.19. The van der Waals surface area contributed by atoms with Gasteiger partial charge in [0.1, 0.15) is 0 Å². The van der Waals surface area contributed by atoms with E-state index >= 15 is 0 Å². The van der Waals surface area contributed by atoms with E-state index in [1.807, 2.05) is 43.3 Å². The van der Waals surface area contributed by atoms with Crippen LogP contribution in [-0.2, 0) is 6.54 Å². The van der Waals surface area contributed by atoms with Crippen LogP contribution >= 0.6 is 11.6 Å². The third-order valence-electron chi connectivity index (χ3n) is 7.96. The van der Waals surface area contributed by atoms with Gasteiger partial charge in [-0.25, -0.2) is 5.43 Å². The van der Waals surface area contributed by atoms with Crippen molar-refractivity contribution in [3.63, 3.8) is 0 Å². The molecule has 0 saturated carbocycles. The number of carbonyl (C=O) groups excluding carboxylic acids is 2. The third kappa shape index (κ3) is 8.03. The quantitative estimate of drug-likeness (QED) is 0.252. The van der Waals surface area contributed by atoms with E-state index in [2.05, 4.69) is 31.7 Å². The van der Waals surface area contributed by atoms with Gasteiger partial charge in [0.05, 0.1) is 17.5 Å². The van der Waals surface area contributed by atoms with Crippen LogP contribution in [0, 0.1) is 6.92 Å². The zero-order valence-electron chi connectivity index (χ0n) is 23.6. The Balaban J connectivity index is 1.19. The van der Waals surface area contributed by atoms with Crippen LogP contribution in [0.3, 0.4) is 0 Å². The van der Waals surface area contributed by atoms with E-state index in [1.165, 1.54) is 51.3 Å². The molecule has 0 aliphatic carbocycles. The second-order valence-corrected chi connectivity index (χ2v) is 11.5. The Morgan fingerprint density at radius 3 is 2.49 bits per heavy atom. The lowest BCUT2D eigenvalue weighted by atomic mass is 9.99. The van der Waals surface area contributed by atoms with E-state index < -0.39 is 5.91 Å². The molecule has 0 unspecified atom stereocenters. The van der Waals surface area contributed by atoms with E-state index in [-0.39, 0.29) is 11.5 Å². The zero-order valence-corrected chi connectivity index (χ0v) is 24.4. The van der Waals surface area contributed by atoms with Crippen molar-refractivity contribution >= 4 is 35.3 Å². The van der Waals surface area contributed by atoms with Crippen LogP contribution in [0.2, 0.25) is 5.02 Å². The highest BCUT2D eigenvalue weighted by atomic mass is 35.5. The SMILES string of the molecule is Cc1cccc(C=NNC(=O)c2cc(Cl)ccc2NC(=O)c2cccc(CN3CCC(N4CCCCC4)CC3)c2)c1. The van der Waals surface area contributed by atoms with Gasteiger partial charge in [-0.05, 0) is 100 Å². The molecular weight excluding hydrogens is 534 g/mol. The molecule has 5 rings (SSSR count). The monoisotopic (exact) mass is 571 g/mol. The summed E-state index contributed by atoms with van der Waals surface area (Å²) in [5, 5.41) is 7.36. The minimum absolute atomic E-state index is 0.236. The Morgan fingerprint density at radius 2 is 1.71 bits per heavy atom. The molecule has 0 bridgehead atoms. The van der Waals surface area contributed by atoms with Crippen molar-refractivity contribution in [1.29, 1.82) is 0 Å². The molecule has 41 heavy (non-hydrogen) atoms. The molecule has 2 N–H and O–H groups in total. The van der Waals surface area contributed by atoms with E-state index in [0.29, 0.717) is 22.3 Å². The summed E-state index contributed by atoms with van der Waals surface area (Å²) in [7, 11) is 0. The number of piperidine rings is 2. The standard InChI is InChI=1S/C33H38ClN5O2/c1-24-7-5-8-25(19-24)22-35-37-33(41)30-21-28(34)11-12-31(30)36-32(40)27-10-6-9-26(20-27)23-38-17-13-29(14-18-38)39-15-3-2-4-16-39/h5-12,19-22,29H,2-4,13-18,23H2,1H3,(H,36,40)(H,37,41). The lowest BCUT2D eigenvalue weighted by molar-refractivity contribution is 0.0896. The zero-order chi connectivity index (χ0) is 28.6. The molecule has 2 fully saturated rings. The first-order valence-electron chi connectivity index (χ1n) is 14.5. The van der Waals surface area contributed by atoms with Gasteiger partial charge in [-0.3, -0.25) is 14.5 Å². The summed E-state index contributed by atoms with van der Waals surface area (Å²) in [4.78, 5) is 31.4. The summed E-state index contributed by atoms with van der Waals surface area (Å²) in [6, 6.07) is 21.0. The smallest absolute Gasteiger partial charge is 0.273 e. The summed E-state index contributed by atoms with van der Waals surface area (Å²) in [6.07, 6.45) is 8.02. The van der Waals surface area contributed by atoms with Crippen molar-refractivity contribution in [2.75, 3.05) is 31.5 Å². The van der Waals surface area contributed by atoms with Crippen LogP contribution in [0.25, 0.3) is 0 Å². The van der Waals surface area contributed by atoms with Gasteiger partial charge in [0.2, 0.25) is 0 Å². The van der Waals surface area contributed by atoms with E-state index in [0.717, 1.165) is 36.3 Å². The highest BCUT2D eigenvalue weighted by Gasteiger charge is 2.25. The highest BCUT2D eigenvalue weighted by molar-refractivity contribution is 6.31. The van der Waals surface area contributed by atoms with E-state index in [1.54, 1.807) is 24.4 Å². The molecule has 2 heterocycles. The Labute approximate surface area is 247 Å². The molecule has 0 spiro atoms. The van der Waals surface area contributed by atoms with Gasteiger partial charge >= 0.3 is 0 Å². The van der Waals surface area contributed by atoms with Crippen molar-refractivity contribution in [2.24, 2.45) is 5.10 Å². The lowest BCUT2D eigenvalue weighted by Gasteiger charge is -2.40. The maximum atomic E-state index is 13.2.